The topological polar surface area (TPSA) is 103 Å². The average molecular weight is 279 g/mol. The molecule has 0 atom stereocenters. The number of carbonyl (C=O) groups is 2. The van der Waals surface area contributed by atoms with E-state index >= 15 is 0 Å². The zero-order valence-corrected chi connectivity index (χ0v) is 11.3. The highest BCUT2D eigenvalue weighted by Gasteiger charge is 2.16. The van der Waals surface area contributed by atoms with Crippen molar-refractivity contribution >= 4 is 29.0 Å². The van der Waals surface area contributed by atoms with Crippen LogP contribution >= 0.6 is 11.3 Å². The SMILES string of the molecule is Cc1nc(CC(=O)Nc2c(C(N)=O)cnn2C)cs1. The molecule has 2 heterocycles. The molecule has 0 saturated carbocycles. The van der Waals surface area contributed by atoms with Gasteiger partial charge in [-0.25, -0.2) is 4.98 Å². The molecule has 19 heavy (non-hydrogen) atoms. The Bertz CT molecular complexity index is 631. The lowest BCUT2D eigenvalue weighted by Crippen LogP contribution is -2.20. The van der Waals surface area contributed by atoms with Crippen molar-refractivity contribution in [2.24, 2.45) is 12.8 Å². The highest BCUT2D eigenvalue weighted by molar-refractivity contribution is 7.09. The fraction of sp³-hybridized carbons (Fsp3) is 0.273. The lowest BCUT2D eigenvalue weighted by Gasteiger charge is -2.06. The maximum Gasteiger partial charge on any atom is 0.254 e. The van der Waals surface area contributed by atoms with Gasteiger partial charge in [0.15, 0.2) is 0 Å². The quantitative estimate of drug-likeness (QED) is 0.848. The summed E-state index contributed by atoms with van der Waals surface area (Å²) in [7, 11) is 1.62. The minimum atomic E-state index is -0.632. The molecule has 0 fully saturated rings. The van der Waals surface area contributed by atoms with Gasteiger partial charge in [0, 0.05) is 12.4 Å². The van der Waals surface area contributed by atoms with Gasteiger partial charge in [-0.05, 0) is 6.92 Å². The monoisotopic (exact) mass is 279 g/mol. The second-order valence-electron chi connectivity index (χ2n) is 3.98. The maximum absolute atomic E-state index is 11.9. The molecule has 0 spiro atoms. The smallest absolute Gasteiger partial charge is 0.254 e. The molecule has 3 N–H and O–H groups in total. The van der Waals surface area contributed by atoms with Crippen LogP contribution in [0.15, 0.2) is 11.6 Å². The highest BCUT2D eigenvalue weighted by Crippen LogP contribution is 2.14. The molecule has 0 bridgehead atoms. The molecule has 2 rings (SSSR count). The molecule has 0 aliphatic rings. The molecule has 0 aromatic carbocycles. The number of carbonyl (C=O) groups excluding carboxylic acids is 2. The van der Waals surface area contributed by atoms with Crippen LogP contribution in [-0.2, 0) is 18.3 Å². The van der Waals surface area contributed by atoms with Crippen LogP contribution in [0.1, 0.15) is 21.1 Å². The van der Waals surface area contributed by atoms with E-state index in [0.717, 1.165) is 5.01 Å². The van der Waals surface area contributed by atoms with Crippen molar-refractivity contribution in [3.8, 4) is 0 Å². The van der Waals surface area contributed by atoms with Crippen molar-refractivity contribution in [1.29, 1.82) is 0 Å². The molecule has 2 aromatic rings. The van der Waals surface area contributed by atoms with Gasteiger partial charge < -0.3 is 11.1 Å². The van der Waals surface area contributed by atoms with Gasteiger partial charge in [-0.3, -0.25) is 14.3 Å². The molecule has 7 nitrogen and oxygen atoms in total. The predicted molar refractivity (Wildman–Crippen MR) is 70.9 cm³/mol. The first kappa shape index (κ1) is 13.2. The Hall–Kier alpha value is -2.22. The van der Waals surface area contributed by atoms with Crippen LogP contribution in [0.3, 0.4) is 0 Å². The fourth-order valence-corrected chi connectivity index (χ4v) is 2.21. The van der Waals surface area contributed by atoms with E-state index in [4.69, 9.17) is 5.73 Å². The van der Waals surface area contributed by atoms with Crippen molar-refractivity contribution in [1.82, 2.24) is 14.8 Å². The average Bonchev–Trinajstić information content (AvgIpc) is 2.87. The lowest BCUT2D eigenvalue weighted by molar-refractivity contribution is -0.115. The van der Waals surface area contributed by atoms with E-state index in [1.165, 1.54) is 22.2 Å². The number of hydrogen-bond donors (Lipinski definition) is 2. The van der Waals surface area contributed by atoms with Crippen molar-refractivity contribution in [3.05, 3.63) is 27.8 Å². The Morgan fingerprint density at radius 1 is 1.53 bits per heavy atom. The maximum atomic E-state index is 11.9. The first-order valence-electron chi connectivity index (χ1n) is 5.50. The van der Waals surface area contributed by atoms with Crippen LogP contribution in [0.4, 0.5) is 5.82 Å². The van der Waals surface area contributed by atoms with Gasteiger partial charge in [0.2, 0.25) is 5.91 Å². The van der Waals surface area contributed by atoms with E-state index in [2.05, 4.69) is 15.4 Å². The zero-order valence-electron chi connectivity index (χ0n) is 10.5. The van der Waals surface area contributed by atoms with Gasteiger partial charge in [0.1, 0.15) is 11.4 Å². The highest BCUT2D eigenvalue weighted by atomic mass is 32.1. The van der Waals surface area contributed by atoms with E-state index in [-0.39, 0.29) is 17.9 Å². The number of nitrogens with two attached hydrogens (primary N) is 1. The van der Waals surface area contributed by atoms with Crippen molar-refractivity contribution in [2.75, 3.05) is 5.32 Å². The molecule has 0 saturated heterocycles. The summed E-state index contributed by atoms with van der Waals surface area (Å²) in [5, 5.41) is 9.24. The van der Waals surface area contributed by atoms with Gasteiger partial charge in [-0.1, -0.05) is 0 Å². The second kappa shape index (κ2) is 5.19. The first-order valence-corrected chi connectivity index (χ1v) is 6.38. The summed E-state index contributed by atoms with van der Waals surface area (Å²) in [6, 6.07) is 0. The molecule has 0 aliphatic heterocycles. The molecule has 8 heteroatoms. The third-order valence-corrected chi connectivity index (χ3v) is 3.29. The summed E-state index contributed by atoms with van der Waals surface area (Å²) < 4.78 is 1.39. The number of hydrogen-bond acceptors (Lipinski definition) is 5. The van der Waals surface area contributed by atoms with Gasteiger partial charge in [-0.15, -0.1) is 11.3 Å². The summed E-state index contributed by atoms with van der Waals surface area (Å²) in [6.45, 7) is 1.87. The number of anilines is 1. The molecule has 0 radical (unpaired) electrons. The normalized spacial score (nSPS) is 10.4. The second-order valence-corrected chi connectivity index (χ2v) is 5.04. The summed E-state index contributed by atoms with van der Waals surface area (Å²) >= 11 is 1.48. The van der Waals surface area contributed by atoms with Crippen LogP contribution in [0, 0.1) is 6.92 Å². The molecule has 2 amide bonds. The fourth-order valence-electron chi connectivity index (χ4n) is 1.60. The summed E-state index contributed by atoms with van der Waals surface area (Å²) in [5.74, 6) is -0.603. The summed E-state index contributed by atoms with van der Waals surface area (Å²) in [5.41, 5.74) is 6.09. The van der Waals surface area contributed by atoms with Gasteiger partial charge >= 0.3 is 0 Å². The van der Waals surface area contributed by atoms with Crippen molar-refractivity contribution in [2.45, 2.75) is 13.3 Å². The molecular weight excluding hydrogens is 266 g/mol. The summed E-state index contributed by atoms with van der Waals surface area (Å²) in [6.07, 6.45) is 1.47. The molecule has 0 unspecified atom stereocenters. The molecular formula is C11H13N5O2S. The van der Waals surface area contributed by atoms with E-state index in [1.54, 1.807) is 7.05 Å². The summed E-state index contributed by atoms with van der Waals surface area (Å²) in [4.78, 5) is 27.3. The van der Waals surface area contributed by atoms with Crippen LogP contribution in [-0.4, -0.2) is 26.6 Å². The number of rotatable bonds is 4. The van der Waals surface area contributed by atoms with Gasteiger partial charge in [0.25, 0.3) is 5.91 Å². The molecule has 100 valence electrons. The van der Waals surface area contributed by atoms with Crippen molar-refractivity contribution < 1.29 is 9.59 Å². The third kappa shape index (κ3) is 2.97. The van der Waals surface area contributed by atoms with Gasteiger partial charge in [0.05, 0.1) is 23.3 Å². The Morgan fingerprint density at radius 2 is 2.26 bits per heavy atom. The standard InChI is InChI=1S/C11H13N5O2S/c1-6-14-7(5-19-6)3-9(17)15-11-8(10(12)18)4-13-16(11)2/h4-5H,3H2,1-2H3,(H2,12,18)(H,15,17). The zero-order chi connectivity index (χ0) is 14.0. The Kier molecular flexibility index (Phi) is 3.61. The Morgan fingerprint density at radius 3 is 2.84 bits per heavy atom. The van der Waals surface area contributed by atoms with Gasteiger partial charge in [-0.2, -0.15) is 5.10 Å². The number of thiazole rings is 1. The van der Waals surface area contributed by atoms with Crippen LogP contribution < -0.4 is 11.1 Å². The van der Waals surface area contributed by atoms with Crippen LogP contribution in [0.5, 0.6) is 0 Å². The number of nitrogens with one attached hydrogen (secondary N) is 1. The van der Waals surface area contributed by atoms with Crippen LogP contribution in [0.2, 0.25) is 0 Å². The largest absolute Gasteiger partial charge is 0.365 e. The number of nitrogens with zero attached hydrogens (tertiary/aromatic N) is 3. The number of primary amides is 1. The number of aromatic nitrogens is 3. The first-order chi connectivity index (χ1) is 8.97. The Balaban J connectivity index is 2.11. The minimum absolute atomic E-state index is 0.147. The Labute approximate surface area is 113 Å². The minimum Gasteiger partial charge on any atom is -0.365 e. The number of aryl methyl sites for hydroxylation is 2. The predicted octanol–water partition coefficient (Wildman–Crippen LogP) is 0.465. The van der Waals surface area contributed by atoms with E-state index < -0.39 is 5.91 Å². The molecule has 2 aromatic heterocycles. The van der Waals surface area contributed by atoms with Crippen molar-refractivity contribution in [3.63, 3.8) is 0 Å². The van der Waals surface area contributed by atoms with E-state index in [0.29, 0.717) is 11.5 Å². The molecule has 0 aliphatic carbocycles. The third-order valence-electron chi connectivity index (χ3n) is 2.47. The lowest BCUT2D eigenvalue weighted by atomic mass is 10.3. The number of amides is 2. The van der Waals surface area contributed by atoms with Crippen LogP contribution in [0.25, 0.3) is 0 Å². The van der Waals surface area contributed by atoms with E-state index in [9.17, 15) is 9.59 Å². The van der Waals surface area contributed by atoms with E-state index in [1.807, 2.05) is 12.3 Å².